The van der Waals surface area contributed by atoms with Crippen molar-refractivity contribution in [2.24, 2.45) is 5.92 Å². The molecule has 1 aliphatic carbocycles. The Morgan fingerprint density at radius 1 is 0.921 bits per heavy atom. The number of rotatable bonds is 9. The summed E-state index contributed by atoms with van der Waals surface area (Å²) in [7, 11) is 0. The predicted octanol–water partition coefficient (Wildman–Crippen LogP) is 7.12. The third kappa shape index (κ3) is 6.44. The van der Waals surface area contributed by atoms with Crippen molar-refractivity contribution >= 4 is 5.91 Å². The molecule has 1 aliphatic rings. The molecule has 0 aliphatic heterocycles. The van der Waals surface area contributed by atoms with Gasteiger partial charge in [0.2, 0.25) is 5.91 Å². The van der Waals surface area contributed by atoms with Gasteiger partial charge in [-0.25, -0.2) is 0 Å². The zero-order valence-electron chi connectivity index (χ0n) is 20.3. The molecule has 9 heteroatoms. The lowest BCUT2D eigenvalue weighted by atomic mass is 9.84. The largest absolute Gasteiger partial charge is 0.416 e. The van der Waals surface area contributed by atoms with Crippen molar-refractivity contribution in [1.29, 1.82) is 0 Å². The van der Waals surface area contributed by atoms with Crippen LogP contribution in [0.25, 0.3) is 0 Å². The van der Waals surface area contributed by atoms with Crippen LogP contribution >= 0.6 is 0 Å². The van der Waals surface area contributed by atoms with Crippen molar-refractivity contribution in [3.63, 3.8) is 0 Å². The van der Waals surface area contributed by atoms with E-state index in [0.29, 0.717) is 6.54 Å². The molecule has 0 spiro atoms. The van der Waals surface area contributed by atoms with Crippen molar-refractivity contribution in [3.8, 4) is 0 Å². The van der Waals surface area contributed by atoms with E-state index in [1.807, 2.05) is 12.1 Å². The number of halogens is 6. The summed E-state index contributed by atoms with van der Waals surface area (Å²) in [5.41, 5.74) is -1.22. The number of aromatic nitrogens is 1. The van der Waals surface area contributed by atoms with Gasteiger partial charge in [-0.1, -0.05) is 48.5 Å². The van der Waals surface area contributed by atoms with E-state index in [1.165, 1.54) is 30.3 Å². The molecule has 1 amide bonds. The molecule has 0 saturated heterocycles. The van der Waals surface area contributed by atoms with E-state index in [4.69, 9.17) is 0 Å². The van der Waals surface area contributed by atoms with Crippen molar-refractivity contribution in [2.45, 2.75) is 43.5 Å². The Labute approximate surface area is 216 Å². The number of carbonyl (C=O) groups is 1. The average Bonchev–Trinajstić information content (AvgIpc) is 3.63. The Morgan fingerprint density at radius 2 is 1.55 bits per heavy atom. The maximum Gasteiger partial charge on any atom is 0.416 e. The quantitative estimate of drug-likeness (QED) is 0.181. The first-order valence-electron chi connectivity index (χ1n) is 12.2. The normalized spacial score (nSPS) is 16.9. The SMILES string of the molecule is O=C(/C=C/[C@H]1CC1(c1cccc(C(F)(F)F)c1)c1cccc(C(F)(F)F)c1)NCCCCc1cccnc1. The molecule has 1 fully saturated rings. The maximum atomic E-state index is 13.4. The Morgan fingerprint density at radius 3 is 2.11 bits per heavy atom. The van der Waals surface area contributed by atoms with E-state index in [2.05, 4.69) is 10.3 Å². The zero-order chi connectivity index (χ0) is 27.4. The van der Waals surface area contributed by atoms with Gasteiger partial charge in [0, 0.05) is 24.4 Å². The van der Waals surface area contributed by atoms with Crippen LogP contribution < -0.4 is 5.32 Å². The molecule has 1 N–H and O–H groups in total. The van der Waals surface area contributed by atoms with E-state index in [9.17, 15) is 31.1 Å². The molecule has 2 aromatic carbocycles. The van der Waals surface area contributed by atoms with E-state index in [0.717, 1.165) is 49.1 Å². The highest BCUT2D eigenvalue weighted by atomic mass is 19.4. The Kier molecular flexibility index (Phi) is 7.94. The first kappa shape index (κ1) is 27.4. The first-order chi connectivity index (χ1) is 18.0. The highest BCUT2D eigenvalue weighted by Gasteiger charge is 2.56. The Hall–Kier alpha value is -3.62. The van der Waals surface area contributed by atoms with E-state index >= 15 is 0 Å². The van der Waals surface area contributed by atoms with Crippen LogP contribution in [-0.4, -0.2) is 17.4 Å². The van der Waals surface area contributed by atoms with Gasteiger partial charge in [0.25, 0.3) is 0 Å². The number of alkyl halides is 6. The van der Waals surface area contributed by atoms with Crippen LogP contribution in [0.4, 0.5) is 26.3 Å². The minimum Gasteiger partial charge on any atom is -0.353 e. The van der Waals surface area contributed by atoms with E-state index in [-0.39, 0.29) is 23.5 Å². The molecule has 0 unspecified atom stereocenters. The molecule has 1 aromatic heterocycles. The van der Waals surface area contributed by atoms with Gasteiger partial charge in [0.15, 0.2) is 0 Å². The molecular formula is C29H26F6N2O. The minimum absolute atomic E-state index is 0.261. The molecule has 4 rings (SSSR count). The second-order valence-corrected chi connectivity index (χ2v) is 9.41. The third-order valence-corrected chi connectivity index (χ3v) is 6.82. The fraction of sp³-hybridized carbons (Fsp3) is 0.310. The Balaban J connectivity index is 1.47. The summed E-state index contributed by atoms with van der Waals surface area (Å²) in [6, 6.07) is 13.2. The van der Waals surface area contributed by atoms with Gasteiger partial charge >= 0.3 is 12.4 Å². The summed E-state index contributed by atoms with van der Waals surface area (Å²) in [4.78, 5) is 16.4. The standard InChI is InChI=1S/C29H26F6N2O/c30-28(31,32)23-10-3-8-21(16-23)27(22-9-4-11-24(17-22)29(33,34)35)18-25(27)12-13-26(38)37-15-2-1-6-20-7-5-14-36-19-20/h3-5,7-14,16-17,19,25H,1-2,6,15,18H2,(H,37,38)/b13-12+/t25-/m0/s1. The molecule has 0 radical (unpaired) electrons. The second-order valence-electron chi connectivity index (χ2n) is 9.41. The van der Waals surface area contributed by atoms with Gasteiger partial charge in [0.1, 0.15) is 0 Å². The molecular weight excluding hydrogens is 506 g/mol. The molecule has 1 saturated carbocycles. The summed E-state index contributed by atoms with van der Waals surface area (Å²) in [6.45, 7) is 0.445. The zero-order valence-corrected chi connectivity index (χ0v) is 20.3. The summed E-state index contributed by atoms with van der Waals surface area (Å²) in [5, 5.41) is 2.78. The number of hydrogen-bond acceptors (Lipinski definition) is 2. The van der Waals surface area contributed by atoms with Gasteiger partial charge in [0.05, 0.1) is 11.1 Å². The fourth-order valence-corrected chi connectivity index (χ4v) is 4.77. The number of hydrogen-bond donors (Lipinski definition) is 1. The number of benzene rings is 2. The van der Waals surface area contributed by atoms with Crippen LogP contribution in [0.3, 0.4) is 0 Å². The van der Waals surface area contributed by atoms with Gasteiger partial charge in [-0.15, -0.1) is 0 Å². The fourth-order valence-electron chi connectivity index (χ4n) is 4.77. The summed E-state index contributed by atoms with van der Waals surface area (Å²) < 4.78 is 80.4. The molecule has 1 heterocycles. The number of unbranched alkanes of at least 4 members (excludes halogenated alkanes) is 1. The number of pyridine rings is 1. The number of allylic oxidation sites excluding steroid dienone is 1. The number of aryl methyl sites for hydroxylation is 1. The van der Waals surface area contributed by atoms with Crippen LogP contribution in [0.2, 0.25) is 0 Å². The molecule has 0 bridgehead atoms. The Bertz CT molecular complexity index is 1230. The minimum atomic E-state index is -4.60. The average molecular weight is 533 g/mol. The number of nitrogens with zero attached hydrogens (tertiary/aromatic N) is 1. The highest BCUT2D eigenvalue weighted by molar-refractivity contribution is 5.87. The van der Waals surface area contributed by atoms with Gasteiger partial charge in [-0.3, -0.25) is 9.78 Å². The first-order valence-corrected chi connectivity index (χ1v) is 12.2. The van der Waals surface area contributed by atoms with E-state index in [1.54, 1.807) is 18.5 Å². The number of nitrogens with one attached hydrogen (secondary N) is 1. The van der Waals surface area contributed by atoms with Crippen molar-refractivity contribution in [1.82, 2.24) is 10.3 Å². The maximum absolute atomic E-state index is 13.4. The van der Waals surface area contributed by atoms with Crippen molar-refractivity contribution in [3.05, 3.63) is 113 Å². The summed E-state index contributed by atoms with van der Waals surface area (Å²) in [5.74, 6) is -0.800. The summed E-state index contributed by atoms with van der Waals surface area (Å²) >= 11 is 0. The molecule has 200 valence electrons. The van der Waals surface area contributed by atoms with Crippen LogP contribution in [0.15, 0.2) is 85.2 Å². The molecule has 38 heavy (non-hydrogen) atoms. The van der Waals surface area contributed by atoms with Crippen LogP contribution in [0.1, 0.15) is 47.1 Å². The van der Waals surface area contributed by atoms with Crippen molar-refractivity contribution < 1.29 is 31.1 Å². The van der Waals surface area contributed by atoms with Crippen molar-refractivity contribution in [2.75, 3.05) is 6.54 Å². The lowest BCUT2D eigenvalue weighted by Crippen LogP contribution is -2.22. The van der Waals surface area contributed by atoms with Crippen LogP contribution in [0.5, 0.6) is 0 Å². The second kappa shape index (κ2) is 11.0. The predicted molar refractivity (Wildman–Crippen MR) is 131 cm³/mol. The summed E-state index contributed by atoms with van der Waals surface area (Å²) in [6.07, 6.45) is -0.0985. The molecule has 3 aromatic rings. The van der Waals surface area contributed by atoms with Crippen LogP contribution in [-0.2, 0) is 29.0 Å². The van der Waals surface area contributed by atoms with Crippen LogP contribution in [0, 0.1) is 5.92 Å². The smallest absolute Gasteiger partial charge is 0.353 e. The molecule has 1 atom stereocenters. The van der Waals surface area contributed by atoms with Gasteiger partial charge in [-0.05, 0) is 72.6 Å². The lowest BCUT2D eigenvalue weighted by Gasteiger charge is -2.21. The molecule has 3 nitrogen and oxygen atoms in total. The third-order valence-electron chi connectivity index (χ3n) is 6.82. The topological polar surface area (TPSA) is 42.0 Å². The number of amides is 1. The highest BCUT2D eigenvalue weighted by Crippen LogP contribution is 2.60. The van der Waals surface area contributed by atoms with Gasteiger partial charge in [-0.2, -0.15) is 26.3 Å². The number of carbonyl (C=O) groups excluding carboxylic acids is 1. The van der Waals surface area contributed by atoms with E-state index < -0.39 is 34.8 Å². The van der Waals surface area contributed by atoms with Gasteiger partial charge < -0.3 is 5.32 Å². The monoisotopic (exact) mass is 532 g/mol. The lowest BCUT2D eigenvalue weighted by molar-refractivity contribution is -0.138.